The first-order valence-corrected chi connectivity index (χ1v) is 20.1. The number of ether oxygens (including phenoxy) is 5. The van der Waals surface area contributed by atoms with Crippen LogP contribution in [0.4, 0.5) is 10.5 Å². The fraction of sp³-hybridized carbons (Fsp3) is 0.611. The van der Waals surface area contributed by atoms with Gasteiger partial charge in [0.1, 0.15) is 40.7 Å². The topological polar surface area (TPSA) is 156 Å². The third-order valence-electron chi connectivity index (χ3n) is 10.0. The number of nitrogens with one attached hydrogen (secondary N) is 1. The van der Waals surface area contributed by atoms with Crippen molar-refractivity contribution >= 4 is 62.8 Å². The summed E-state index contributed by atoms with van der Waals surface area (Å²) in [7, 11) is 9.14. The molecule has 4 bridgehead atoms. The second kappa shape index (κ2) is 17.5. The van der Waals surface area contributed by atoms with Gasteiger partial charge in [-0.3, -0.25) is 14.9 Å². The van der Waals surface area contributed by atoms with E-state index in [1.807, 2.05) is 19.3 Å². The second-order valence-electron chi connectivity index (χ2n) is 13.6. The number of esters is 1. The van der Waals surface area contributed by atoms with Crippen LogP contribution in [0, 0.1) is 5.92 Å². The maximum atomic E-state index is 14.1. The number of methoxy groups -OCH3 is 2. The van der Waals surface area contributed by atoms with E-state index in [0.717, 1.165) is 11.1 Å². The molecule has 16 heteroatoms. The van der Waals surface area contributed by atoms with Crippen LogP contribution in [-0.2, 0) is 39.8 Å². The molecule has 8 atom stereocenters. The maximum Gasteiger partial charge on any atom is 0.409 e. The average molecular weight is 784 g/mol. The Morgan fingerprint density at radius 1 is 1.27 bits per heavy atom. The number of amides is 3. The lowest BCUT2D eigenvalue weighted by Crippen LogP contribution is -2.63. The molecule has 288 valence electrons. The number of hydrogen-bond acceptors (Lipinski definition) is 12. The van der Waals surface area contributed by atoms with Crippen LogP contribution >= 0.6 is 33.2 Å². The molecule has 3 heterocycles. The van der Waals surface area contributed by atoms with Crippen molar-refractivity contribution in [2.45, 2.75) is 95.2 Å². The number of carbonyl (C=O) groups is 4. The van der Waals surface area contributed by atoms with Crippen molar-refractivity contribution in [1.82, 2.24) is 10.2 Å². The molecule has 1 aromatic carbocycles. The van der Waals surface area contributed by atoms with Crippen LogP contribution in [0.5, 0.6) is 5.75 Å². The molecule has 0 aromatic heterocycles. The predicted molar refractivity (Wildman–Crippen MR) is 202 cm³/mol. The number of carbonyl (C=O) groups excluding carboxylic acids is 4. The molecule has 0 saturated carbocycles. The van der Waals surface area contributed by atoms with E-state index in [0.29, 0.717) is 23.6 Å². The van der Waals surface area contributed by atoms with Crippen LogP contribution in [0.2, 0.25) is 5.02 Å². The number of halogens is 1. The van der Waals surface area contributed by atoms with Gasteiger partial charge in [0.15, 0.2) is 5.72 Å². The summed E-state index contributed by atoms with van der Waals surface area (Å²) >= 11 is 6.75. The number of fused-ring (bicyclic) bond motifs is 5. The van der Waals surface area contributed by atoms with Gasteiger partial charge in [0.25, 0.3) is 0 Å². The van der Waals surface area contributed by atoms with Gasteiger partial charge in [-0.1, -0.05) is 63.9 Å². The smallest absolute Gasteiger partial charge is 0.409 e. The number of nitrogens with zero attached hydrogens (tertiary/aromatic N) is 2. The molecule has 3 unspecified atom stereocenters. The first-order chi connectivity index (χ1) is 24.5. The SMILES string of the molecule is COc1cc2cc(c1Cl)N(C)C(=O)CC(OC(=O)[C@H](C)N(C)C(=O)CCSSC)[C@]1(C)OC1[C@H](C)[C@@H]1C[C@@](O)(NC(=O)O1)C(OC)C=CC=C(C)C2. The molecule has 52 heavy (non-hydrogen) atoms. The standard InChI is InChI=1S/C36H50ClN3O10S2/c1-20-11-10-12-27(47-8)36(45)19-26(48-34(44)38-36)21(2)32-35(4,50-32)28(49-33(43)22(3)39(5)29(41)13-14-52-51-9)18-30(42)40(6)24-16-23(15-20)17-25(46-7)31(24)37/h10-12,16-17,21-22,26-28,32,45H,13-15,18-19H2,1-9H3,(H,38,44)/t21-,22+,26+,27?,28?,32?,35+,36+/m1/s1. The Kier molecular flexibility index (Phi) is 14.0. The Hall–Kier alpha value is -2.95. The van der Waals surface area contributed by atoms with Crippen molar-refractivity contribution < 1.29 is 48.0 Å². The highest BCUT2D eigenvalue weighted by atomic mass is 35.5. The lowest BCUT2D eigenvalue weighted by Gasteiger charge is -2.42. The van der Waals surface area contributed by atoms with E-state index in [2.05, 4.69) is 5.32 Å². The van der Waals surface area contributed by atoms with E-state index in [1.165, 1.54) is 31.1 Å². The zero-order chi connectivity index (χ0) is 38.5. The van der Waals surface area contributed by atoms with Gasteiger partial charge in [0, 0.05) is 45.7 Å². The molecule has 4 rings (SSSR count). The molecule has 2 fully saturated rings. The zero-order valence-corrected chi connectivity index (χ0v) is 33.5. The summed E-state index contributed by atoms with van der Waals surface area (Å²) in [6, 6.07) is 2.63. The van der Waals surface area contributed by atoms with E-state index < -0.39 is 65.7 Å². The van der Waals surface area contributed by atoms with E-state index >= 15 is 0 Å². The molecule has 2 N–H and O–H groups in total. The Labute approximate surface area is 318 Å². The summed E-state index contributed by atoms with van der Waals surface area (Å²) in [6.07, 6.45) is 3.17. The highest BCUT2D eigenvalue weighted by molar-refractivity contribution is 8.76. The number of benzene rings is 1. The number of allylic oxidation sites excluding steroid dienone is 3. The van der Waals surface area contributed by atoms with E-state index in [-0.39, 0.29) is 30.2 Å². The molecular weight excluding hydrogens is 734 g/mol. The number of likely N-dealkylation sites (N-methyl/N-ethyl adjacent to an activating group) is 1. The van der Waals surface area contributed by atoms with Crippen LogP contribution in [-0.4, -0.2) is 116 Å². The van der Waals surface area contributed by atoms with Gasteiger partial charge < -0.3 is 38.6 Å². The summed E-state index contributed by atoms with van der Waals surface area (Å²) in [6.45, 7) is 7.02. The van der Waals surface area contributed by atoms with Gasteiger partial charge >= 0.3 is 12.1 Å². The van der Waals surface area contributed by atoms with Crippen molar-refractivity contribution in [3.63, 3.8) is 0 Å². The van der Waals surface area contributed by atoms with E-state index in [9.17, 15) is 24.3 Å². The molecule has 0 aliphatic carbocycles. The fourth-order valence-corrected chi connectivity index (χ4v) is 8.09. The molecule has 3 aliphatic heterocycles. The predicted octanol–water partition coefficient (Wildman–Crippen LogP) is 4.92. The number of epoxide rings is 1. The Morgan fingerprint density at radius 2 is 1.98 bits per heavy atom. The molecule has 2 saturated heterocycles. The van der Waals surface area contributed by atoms with Crippen LogP contribution in [0.1, 0.15) is 52.5 Å². The van der Waals surface area contributed by atoms with Crippen molar-refractivity contribution in [1.29, 1.82) is 0 Å². The summed E-state index contributed by atoms with van der Waals surface area (Å²) in [5, 5.41) is 14.5. The molecule has 13 nitrogen and oxygen atoms in total. The Bertz CT molecular complexity index is 1580. The average Bonchev–Trinajstić information content (AvgIpc) is 3.80. The summed E-state index contributed by atoms with van der Waals surface area (Å²) in [4.78, 5) is 56.2. The Balaban J connectivity index is 1.74. The normalized spacial score (nSPS) is 29.9. The van der Waals surface area contributed by atoms with Gasteiger partial charge in [0.2, 0.25) is 11.8 Å². The first-order valence-electron chi connectivity index (χ1n) is 17.0. The quantitative estimate of drug-likeness (QED) is 0.151. The molecule has 0 radical (unpaired) electrons. The second-order valence-corrected chi connectivity index (χ2v) is 16.7. The van der Waals surface area contributed by atoms with Crippen LogP contribution in [0.15, 0.2) is 35.9 Å². The fourth-order valence-electron chi connectivity index (χ4n) is 6.61. The van der Waals surface area contributed by atoms with Gasteiger partial charge in [-0.25, -0.2) is 9.59 Å². The molecule has 1 aromatic rings. The lowest BCUT2D eigenvalue weighted by atomic mass is 9.83. The van der Waals surface area contributed by atoms with Crippen molar-refractivity contribution in [3.8, 4) is 5.75 Å². The third kappa shape index (κ3) is 9.40. The zero-order valence-electron chi connectivity index (χ0n) is 31.1. The van der Waals surface area contributed by atoms with Gasteiger partial charge in [-0.2, -0.15) is 0 Å². The summed E-state index contributed by atoms with van der Waals surface area (Å²) in [5.74, 6) is -0.916. The summed E-state index contributed by atoms with van der Waals surface area (Å²) < 4.78 is 29.2. The van der Waals surface area contributed by atoms with Gasteiger partial charge in [-0.15, -0.1) is 0 Å². The maximum absolute atomic E-state index is 14.1. The molecule has 3 amide bonds. The minimum Gasteiger partial charge on any atom is -0.495 e. The number of rotatable bonds is 9. The van der Waals surface area contributed by atoms with Crippen molar-refractivity contribution in [2.24, 2.45) is 5.92 Å². The van der Waals surface area contributed by atoms with Crippen LogP contribution < -0.4 is 15.0 Å². The third-order valence-corrected chi connectivity index (χ3v) is 12.2. The van der Waals surface area contributed by atoms with Crippen molar-refractivity contribution in [3.05, 3.63) is 46.5 Å². The van der Waals surface area contributed by atoms with Crippen LogP contribution in [0.3, 0.4) is 0 Å². The number of aliphatic hydroxyl groups is 1. The number of alkyl carbamates (subject to hydrolysis) is 1. The molecule has 3 aliphatic rings. The van der Waals surface area contributed by atoms with Gasteiger partial charge in [0.05, 0.1) is 25.3 Å². The number of hydrogen-bond donors (Lipinski definition) is 2. The molecular formula is C36H50ClN3O10S2. The highest BCUT2D eigenvalue weighted by Crippen LogP contribution is 2.49. The van der Waals surface area contributed by atoms with E-state index in [4.69, 9.17) is 35.3 Å². The number of anilines is 1. The van der Waals surface area contributed by atoms with E-state index in [1.54, 1.807) is 73.7 Å². The minimum absolute atomic E-state index is 0.0452. The lowest BCUT2D eigenvalue weighted by molar-refractivity contribution is -0.161. The minimum atomic E-state index is -1.82. The van der Waals surface area contributed by atoms with Crippen LogP contribution in [0.25, 0.3) is 0 Å². The molecule has 0 spiro atoms. The first kappa shape index (κ1) is 41.8. The van der Waals surface area contributed by atoms with Crippen molar-refractivity contribution in [2.75, 3.05) is 45.2 Å². The monoisotopic (exact) mass is 783 g/mol. The van der Waals surface area contributed by atoms with Gasteiger partial charge in [-0.05, 0) is 51.1 Å². The Morgan fingerprint density at radius 3 is 2.63 bits per heavy atom. The summed E-state index contributed by atoms with van der Waals surface area (Å²) in [5.41, 5.74) is -0.884. The highest BCUT2D eigenvalue weighted by Gasteiger charge is 2.64. The largest absolute Gasteiger partial charge is 0.495 e.